The number of hydrogen-bond acceptors (Lipinski definition) is 5. The van der Waals surface area contributed by atoms with Crippen LogP contribution < -0.4 is 9.05 Å². The van der Waals surface area contributed by atoms with Crippen LogP contribution in [0.5, 0.6) is 11.5 Å². The third-order valence-corrected chi connectivity index (χ3v) is 4.16. The van der Waals surface area contributed by atoms with Gasteiger partial charge >= 0.3 is 7.82 Å². The molecule has 6 heteroatoms. The average Bonchev–Trinajstić information content (AvgIpc) is 2.57. The Morgan fingerprint density at radius 2 is 1.30 bits per heavy atom. The second kappa shape index (κ2) is 8.39. The van der Waals surface area contributed by atoms with Crippen molar-refractivity contribution in [2.24, 2.45) is 5.16 Å². The van der Waals surface area contributed by atoms with Crippen LogP contribution in [0.4, 0.5) is 0 Å². The van der Waals surface area contributed by atoms with E-state index in [4.69, 9.17) is 13.7 Å². The van der Waals surface area contributed by atoms with Crippen molar-refractivity contribution < 1.29 is 18.2 Å². The van der Waals surface area contributed by atoms with Crippen molar-refractivity contribution in [1.29, 1.82) is 0 Å². The lowest BCUT2D eigenvalue weighted by atomic mass is 10.2. The Kier molecular flexibility index (Phi) is 6.24. The summed E-state index contributed by atoms with van der Waals surface area (Å²) in [4.78, 5) is 0. The molecule has 0 aliphatic rings. The molecule has 2 rings (SSSR count). The molecule has 0 N–H and O–H groups in total. The lowest BCUT2D eigenvalue weighted by molar-refractivity contribution is 0.217. The van der Waals surface area contributed by atoms with Gasteiger partial charge in [-0.3, -0.25) is 4.62 Å². The maximum absolute atomic E-state index is 12.9. The maximum Gasteiger partial charge on any atom is 0.668 e. The number of nitrogens with zero attached hydrogens (tertiary/aromatic N) is 1. The maximum atomic E-state index is 12.9. The minimum Gasteiger partial charge on any atom is -0.385 e. The number of phosphoric ester groups is 1. The number of oxime groups is 1. The van der Waals surface area contributed by atoms with Gasteiger partial charge in [0.15, 0.2) is 0 Å². The monoisotopic (exact) mass is 333 g/mol. The summed E-state index contributed by atoms with van der Waals surface area (Å²) >= 11 is 0. The Labute approximate surface area is 136 Å². The van der Waals surface area contributed by atoms with Gasteiger partial charge in [0.25, 0.3) is 0 Å². The predicted molar refractivity (Wildman–Crippen MR) is 90.8 cm³/mol. The number of rotatable bonds is 8. The fourth-order valence-corrected chi connectivity index (χ4v) is 2.84. The molecule has 23 heavy (non-hydrogen) atoms. The third-order valence-electron chi connectivity index (χ3n) is 3.01. The first-order valence-electron chi connectivity index (χ1n) is 7.49. The summed E-state index contributed by atoms with van der Waals surface area (Å²) in [6.07, 6.45) is 1.40. The standard InChI is InChI=1S/C17H20NO4P/c1-3-15(4-2)18-22-23(19,20-16-11-7-5-8-12-16)21-17-13-9-6-10-14-17/h5-14H,3-4H2,1-2H3. The highest BCUT2D eigenvalue weighted by molar-refractivity contribution is 7.49. The second-order valence-corrected chi connectivity index (χ2v) is 6.13. The van der Waals surface area contributed by atoms with E-state index in [-0.39, 0.29) is 0 Å². The van der Waals surface area contributed by atoms with Crippen molar-refractivity contribution in [3.63, 3.8) is 0 Å². The summed E-state index contributed by atoms with van der Waals surface area (Å²) in [7, 11) is -3.93. The minimum absolute atomic E-state index is 0.386. The summed E-state index contributed by atoms with van der Waals surface area (Å²) in [5.41, 5.74) is 0.776. The van der Waals surface area contributed by atoms with Crippen LogP contribution in [0.25, 0.3) is 0 Å². The lowest BCUT2D eigenvalue weighted by Gasteiger charge is -2.16. The largest absolute Gasteiger partial charge is 0.668 e. The summed E-state index contributed by atoms with van der Waals surface area (Å²) in [5, 5.41) is 3.93. The second-order valence-electron chi connectivity index (χ2n) is 4.70. The normalized spacial score (nSPS) is 10.7. The minimum atomic E-state index is -3.93. The van der Waals surface area contributed by atoms with E-state index in [1.54, 1.807) is 48.5 Å². The molecule has 0 aliphatic carbocycles. The zero-order valence-corrected chi connectivity index (χ0v) is 14.1. The fraction of sp³-hybridized carbons (Fsp3) is 0.235. The highest BCUT2D eigenvalue weighted by Crippen LogP contribution is 2.49. The first-order chi connectivity index (χ1) is 11.1. The van der Waals surface area contributed by atoms with E-state index in [1.165, 1.54) is 0 Å². The van der Waals surface area contributed by atoms with Crippen LogP contribution >= 0.6 is 7.82 Å². The van der Waals surface area contributed by atoms with E-state index in [0.29, 0.717) is 24.3 Å². The Balaban J connectivity index is 2.22. The third kappa shape index (κ3) is 5.46. The van der Waals surface area contributed by atoms with Crippen molar-refractivity contribution in [2.75, 3.05) is 0 Å². The Morgan fingerprint density at radius 3 is 1.70 bits per heavy atom. The molecule has 0 bridgehead atoms. The lowest BCUT2D eigenvalue weighted by Crippen LogP contribution is -2.04. The molecule has 122 valence electrons. The molecule has 0 radical (unpaired) electrons. The molecule has 0 fully saturated rings. The van der Waals surface area contributed by atoms with Crippen molar-refractivity contribution in [3.8, 4) is 11.5 Å². The molecule has 0 heterocycles. The van der Waals surface area contributed by atoms with E-state index in [0.717, 1.165) is 5.71 Å². The van der Waals surface area contributed by atoms with Gasteiger partial charge in [-0.15, -0.1) is 0 Å². The van der Waals surface area contributed by atoms with Gasteiger partial charge in [-0.25, -0.2) is 0 Å². The van der Waals surface area contributed by atoms with Crippen LogP contribution in [0.15, 0.2) is 65.8 Å². The quantitative estimate of drug-likeness (QED) is 0.366. The average molecular weight is 333 g/mol. The molecule has 0 aromatic heterocycles. The van der Waals surface area contributed by atoms with Gasteiger partial charge in [0.2, 0.25) is 0 Å². The molecule has 0 saturated carbocycles. The number of para-hydroxylation sites is 2. The van der Waals surface area contributed by atoms with Gasteiger partial charge in [-0.1, -0.05) is 55.4 Å². The first-order valence-corrected chi connectivity index (χ1v) is 8.95. The van der Waals surface area contributed by atoms with Crippen LogP contribution in [0.3, 0.4) is 0 Å². The van der Waals surface area contributed by atoms with Crippen LogP contribution in [0, 0.1) is 0 Å². The molecule has 0 unspecified atom stereocenters. The number of hydrogen-bond donors (Lipinski definition) is 0. The molecule has 0 saturated heterocycles. The predicted octanol–water partition coefficient (Wildman–Crippen LogP) is 5.45. The smallest absolute Gasteiger partial charge is 0.385 e. The van der Waals surface area contributed by atoms with Crippen molar-refractivity contribution in [3.05, 3.63) is 60.7 Å². The van der Waals surface area contributed by atoms with E-state index in [1.807, 2.05) is 26.0 Å². The molecule has 0 atom stereocenters. The number of phosphoric acid groups is 1. The van der Waals surface area contributed by atoms with Crippen molar-refractivity contribution in [2.45, 2.75) is 26.7 Å². The van der Waals surface area contributed by atoms with E-state index in [9.17, 15) is 4.57 Å². The Bertz CT molecular complexity index is 622. The summed E-state index contributed by atoms with van der Waals surface area (Å²) in [6.45, 7) is 3.90. The summed E-state index contributed by atoms with van der Waals surface area (Å²) < 4.78 is 29.0. The topological polar surface area (TPSA) is 57.1 Å². The summed E-state index contributed by atoms with van der Waals surface area (Å²) in [5.74, 6) is 0.771. The molecular weight excluding hydrogens is 313 g/mol. The molecule has 2 aromatic carbocycles. The van der Waals surface area contributed by atoms with E-state index >= 15 is 0 Å². The fourth-order valence-electron chi connectivity index (χ4n) is 1.76. The molecule has 0 spiro atoms. The van der Waals surface area contributed by atoms with Gasteiger partial charge < -0.3 is 9.05 Å². The van der Waals surface area contributed by atoms with E-state index < -0.39 is 7.82 Å². The SMILES string of the molecule is CCC(CC)=NOP(=O)(Oc1ccccc1)Oc1ccccc1. The Morgan fingerprint density at radius 1 is 0.870 bits per heavy atom. The molecular formula is C17H20NO4P. The van der Waals surface area contributed by atoms with Gasteiger partial charge in [-0.05, 0) is 37.1 Å². The molecule has 2 aromatic rings. The molecule has 5 nitrogen and oxygen atoms in total. The zero-order valence-electron chi connectivity index (χ0n) is 13.2. The first kappa shape index (κ1) is 17.1. The highest BCUT2D eigenvalue weighted by atomic mass is 31.2. The van der Waals surface area contributed by atoms with Gasteiger partial charge in [0.05, 0.1) is 5.71 Å². The summed E-state index contributed by atoms with van der Waals surface area (Å²) in [6, 6.07) is 17.5. The van der Waals surface area contributed by atoms with Gasteiger partial charge in [0, 0.05) is 0 Å². The number of benzene rings is 2. The molecule has 0 amide bonds. The van der Waals surface area contributed by atoms with E-state index in [2.05, 4.69) is 5.16 Å². The molecule has 0 aliphatic heterocycles. The highest BCUT2D eigenvalue weighted by Gasteiger charge is 2.33. The van der Waals surface area contributed by atoms with Crippen LogP contribution in [-0.2, 0) is 9.19 Å². The van der Waals surface area contributed by atoms with Gasteiger partial charge in [-0.2, -0.15) is 4.57 Å². The Hall–Kier alpha value is -2.26. The zero-order chi connectivity index (χ0) is 16.5. The van der Waals surface area contributed by atoms with Crippen molar-refractivity contribution >= 4 is 13.5 Å². The van der Waals surface area contributed by atoms with Crippen LogP contribution in [0.1, 0.15) is 26.7 Å². The van der Waals surface area contributed by atoms with Gasteiger partial charge in [0.1, 0.15) is 11.5 Å². The van der Waals surface area contributed by atoms with Crippen LogP contribution in [-0.4, -0.2) is 5.71 Å². The van der Waals surface area contributed by atoms with Crippen LogP contribution in [0.2, 0.25) is 0 Å². The van der Waals surface area contributed by atoms with Crippen molar-refractivity contribution in [1.82, 2.24) is 0 Å².